The van der Waals surface area contributed by atoms with Crippen molar-refractivity contribution < 1.29 is 23.7 Å². The van der Waals surface area contributed by atoms with E-state index in [0.29, 0.717) is 29.4 Å². The number of anilines is 1. The van der Waals surface area contributed by atoms with Crippen molar-refractivity contribution in [2.45, 2.75) is 19.3 Å². The molecular formula is C21H22N4O5. The van der Waals surface area contributed by atoms with Gasteiger partial charge in [-0.25, -0.2) is 4.68 Å². The van der Waals surface area contributed by atoms with Crippen LogP contribution in [0.1, 0.15) is 27.8 Å². The summed E-state index contributed by atoms with van der Waals surface area (Å²) in [7, 11) is 4.72. The molecule has 0 spiro atoms. The van der Waals surface area contributed by atoms with Gasteiger partial charge in [-0.3, -0.25) is 4.79 Å². The molecule has 156 valence electrons. The van der Waals surface area contributed by atoms with Gasteiger partial charge in [-0.05, 0) is 29.8 Å². The van der Waals surface area contributed by atoms with Crippen LogP contribution in [0.4, 0.5) is 5.69 Å². The number of benzene rings is 2. The van der Waals surface area contributed by atoms with Crippen LogP contribution in [0.5, 0.6) is 17.2 Å². The van der Waals surface area contributed by atoms with E-state index in [1.165, 1.54) is 7.11 Å². The number of carbonyl (C=O) groups excluding carboxylic acids is 1. The average molecular weight is 410 g/mol. The standard InChI is InChI=1S/C21H22N4O5/c1-27-15-7-4-13(5-8-15)19-11-25-16(12-30-19)20(23-24-25)21(26)22-14-6-9-17(28-2)18(10-14)29-3/h4-10,19H,11-12H2,1-3H3,(H,22,26)/t19-/m0/s1. The van der Waals surface area contributed by atoms with E-state index >= 15 is 0 Å². The van der Waals surface area contributed by atoms with Gasteiger partial charge in [-0.2, -0.15) is 0 Å². The molecule has 9 nitrogen and oxygen atoms in total. The highest BCUT2D eigenvalue weighted by Crippen LogP contribution is 2.31. The minimum atomic E-state index is -0.366. The molecule has 2 heterocycles. The molecule has 0 unspecified atom stereocenters. The number of nitrogens with zero attached hydrogens (tertiary/aromatic N) is 3. The summed E-state index contributed by atoms with van der Waals surface area (Å²) in [6, 6.07) is 12.8. The predicted molar refractivity (Wildman–Crippen MR) is 108 cm³/mol. The van der Waals surface area contributed by atoms with Crippen LogP contribution in [0.2, 0.25) is 0 Å². The monoisotopic (exact) mass is 410 g/mol. The van der Waals surface area contributed by atoms with Crippen molar-refractivity contribution in [1.29, 1.82) is 0 Å². The molecule has 1 atom stereocenters. The second-order valence-electron chi connectivity index (χ2n) is 6.66. The van der Waals surface area contributed by atoms with E-state index < -0.39 is 0 Å². The first-order valence-electron chi connectivity index (χ1n) is 9.34. The van der Waals surface area contributed by atoms with Gasteiger partial charge in [0.05, 0.1) is 40.2 Å². The Morgan fingerprint density at radius 2 is 1.83 bits per heavy atom. The largest absolute Gasteiger partial charge is 0.497 e. The van der Waals surface area contributed by atoms with Gasteiger partial charge in [0.1, 0.15) is 11.9 Å². The Kier molecular flexibility index (Phi) is 5.53. The second kappa shape index (κ2) is 8.42. The van der Waals surface area contributed by atoms with Crippen molar-refractivity contribution in [3.05, 3.63) is 59.4 Å². The van der Waals surface area contributed by atoms with Crippen LogP contribution in [0.15, 0.2) is 42.5 Å². The summed E-state index contributed by atoms with van der Waals surface area (Å²) in [5.41, 5.74) is 2.44. The van der Waals surface area contributed by atoms with E-state index in [0.717, 1.165) is 11.3 Å². The summed E-state index contributed by atoms with van der Waals surface area (Å²) < 4.78 is 23.4. The first-order valence-corrected chi connectivity index (χ1v) is 9.34. The molecule has 9 heteroatoms. The molecule has 0 aliphatic carbocycles. The average Bonchev–Trinajstić information content (AvgIpc) is 3.22. The molecule has 1 aliphatic rings. The van der Waals surface area contributed by atoms with E-state index in [9.17, 15) is 4.79 Å². The van der Waals surface area contributed by atoms with Gasteiger partial charge in [-0.1, -0.05) is 17.3 Å². The smallest absolute Gasteiger partial charge is 0.278 e. The number of rotatable bonds is 6. The fraction of sp³-hybridized carbons (Fsp3) is 0.286. The lowest BCUT2D eigenvalue weighted by atomic mass is 10.1. The van der Waals surface area contributed by atoms with Crippen molar-refractivity contribution >= 4 is 11.6 Å². The van der Waals surface area contributed by atoms with Gasteiger partial charge in [0.25, 0.3) is 5.91 Å². The van der Waals surface area contributed by atoms with E-state index in [1.807, 2.05) is 24.3 Å². The van der Waals surface area contributed by atoms with Crippen LogP contribution in [-0.2, 0) is 17.9 Å². The minimum absolute atomic E-state index is 0.174. The molecule has 1 aliphatic heterocycles. The molecule has 1 amide bonds. The van der Waals surface area contributed by atoms with Gasteiger partial charge in [0.2, 0.25) is 0 Å². The van der Waals surface area contributed by atoms with Crippen molar-refractivity contribution in [2.24, 2.45) is 0 Å². The number of fused-ring (bicyclic) bond motifs is 1. The van der Waals surface area contributed by atoms with Crippen molar-refractivity contribution in [2.75, 3.05) is 26.6 Å². The SMILES string of the molecule is COc1ccc([C@@H]2Cn3nnc(C(=O)Nc4ccc(OC)c(OC)c4)c3CO2)cc1. The summed E-state index contributed by atoms with van der Waals surface area (Å²) in [6.07, 6.45) is -0.174. The Morgan fingerprint density at radius 1 is 1.07 bits per heavy atom. The fourth-order valence-corrected chi connectivity index (χ4v) is 3.31. The molecule has 0 radical (unpaired) electrons. The molecule has 3 aromatic rings. The van der Waals surface area contributed by atoms with Crippen LogP contribution in [0.3, 0.4) is 0 Å². The van der Waals surface area contributed by atoms with Gasteiger partial charge >= 0.3 is 0 Å². The molecule has 1 aromatic heterocycles. The molecule has 0 fully saturated rings. The first kappa shape index (κ1) is 19.7. The highest BCUT2D eigenvalue weighted by atomic mass is 16.5. The van der Waals surface area contributed by atoms with Crippen LogP contribution in [0, 0.1) is 0 Å². The highest BCUT2D eigenvalue weighted by Gasteiger charge is 2.28. The second-order valence-corrected chi connectivity index (χ2v) is 6.66. The van der Waals surface area contributed by atoms with Crippen LogP contribution in [0.25, 0.3) is 0 Å². The maximum absolute atomic E-state index is 12.8. The van der Waals surface area contributed by atoms with Gasteiger partial charge in [0.15, 0.2) is 17.2 Å². The number of aromatic nitrogens is 3. The Balaban J connectivity index is 1.49. The van der Waals surface area contributed by atoms with E-state index in [2.05, 4.69) is 15.6 Å². The van der Waals surface area contributed by atoms with Crippen LogP contribution < -0.4 is 19.5 Å². The Hall–Kier alpha value is -3.59. The number of methoxy groups -OCH3 is 3. The Bertz CT molecular complexity index is 1050. The molecular weight excluding hydrogens is 388 g/mol. The molecule has 30 heavy (non-hydrogen) atoms. The molecule has 2 aromatic carbocycles. The normalized spacial score (nSPS) is 15.2. The number of ether oxygens (including phenoxy) is 4. The van der Waals surface area contributed by atoms with Crippen molar-refractivity contribution in [3.63, 3.8) is 0 Å². The highest BCUT2D eigenvalue weighted by molar-refractivity contribution is 6.03. The number of amides is 1. The summed E-state index contributed by atoms with van der Waals surface area (Å²) in [5, 5.41) is 11.0. The van der Waals surface area contributed by atoms with E-state index in [4.69, 9.17) is 18.9 Å². The molecule has 4 rings (SSSR count). The fourth-order valence-electron chi connectivity index (χ4n) is 3.31. The zero-order chi connectivity index (χ0) is 21.1. The Labute approximate surface area is 173 Å². The summed E-state index contributed by atoms with van der Waals surface area (Å²) >= 11 is 0. The Morgan fingerprint density at radius 3 is 2.53 bits per heavy atom. The summed E-state index contributed by atoms with van der Waals surface area (Å²) in [4.78, 5) is 12.8. The zero-order valence-electron chi connectivity index (χ0n) is 16.9. The molecule has 1 N–H and O–H groups in total. The maximum Gasteiger partial charge on any atom is 0.278 e. The summed E-state index contributed by atoms with van der Waals surface area (Å²) in [5.74, 6) is 1.51. The third-order valence-electron chi connectivity index (χ3n) is 4.94. The van der Waals surface area contributed by atoms with Crippen molar-refractivity contribution in [1.82, 2.24) is 15.0 Å². The van der Waals surface area contributed by atoms with E-state index in [-0.39, 0.29) is 24.3 Å². The number of hydrogen-bond acceptors (Lipinski definition) is 7. The van der Waals surface area contributed by atoms with Gasteiger partial charge in [-0.15, -0.1) is 5.10 Å². The molecule has 0 saturated carbocycles. The third kappa shape index (κ3) is 3.79. The first-order chi connectivity index (χ1) is 14.6. The maximum atomic E-state index is 12.8. The van der Waals surface area contributed by atoms with E-state index in [1.54, 1.807) is 37.1 Å². The molecule has 0 bridgehead atoms. The van der Waals surface area contributed by atoms with Crippen LogP contribution >= 0.6 is 0 Å². The van der Waals surface area contributed by atoms with Gasteiger partial charge in [0, 0.05) is 11.8 Å². The number of nitrogens with one attached hydrogen (secondary N) is 1. The topological polar surface area (TPSA) is 96.7 Å². The number of carbonyl (C=O) groups is 1. The van der Waals surface area contributed by atoms with Crippen LogP contribution in [-0.4, -0.2) is 42.2 Å². The predicted octanol–water partition coefficient (Wildman–Crippen LogP) is 2.83. The zero-order valence-corrected chi connectivity index (χ0v) is 16.9. The third-order valence-corrected chi connectivity index (χ3v) is 4.94. The lowest BCUT2D eigenvalue weighted by Crippen LogP contribution is -2.24. The minimum Gasteiger partial charge on any atom is -0.497 e. The lowest BCUT2D eigenvalue weighted by Gasteiger charge is -2.24. The quantitative estimate of drug-likeness (QED) is 0.667. The molecule has 0 saturated heterocycles. The summed E-state index contributed by atoms with van der Waals surface area (Å²) in [6.45, 7) is 0.705. The number of hydrogen-bond donors (Lipinski definition) is 1. The lowest BCUT2D eigenvalue weighted by molar-refractivity contribution is -0.00173. The van der Waals surface area contributed by atoms with Gasteiger partial charge < -0.3 is 24.3 Å². The van der Waals surface area contributed by atoms with Crippen molar-refractivity contribution in [3.8, 4) is 17.2 Å².